The second-order valence-electron chi connectivity index (χ2n) is 9.25. The number of aryl methyl sites for hydroxylation is 1. The second-order valence-corrected chi connectivity index (χ2v) is 9.25. The Hall–Kier alpha value is -4.25. The van der Waals surface area contributed by atoms with Crippen molar-refractivity contribution in [2.75, 3.05) is 43.1 Å². The third-order valence-electron chi connectivity index (χ3n) is 6.58. The maximum Gasteiger partial charge on any atom is 0.408 e. The monoisotopic (exact) mass is 538 g/mol. The van der Waals surface area contributed by atoms with E-state index in [0.29, 0.717) is 30.2 Å². The van der Waals surface area contributed by atoms with Crippen LogP contribution < -0.4 is 20.3 Å². The Kier molecular flexibility index (Phi) is 7.87. The number of halogens is 2. The summed E-state index contributed by atoms with van der Waals surface area (Å²) >= 11 is 0. The van der Waals surface area contributed by atoms with Gasteiger partial charge in [-0.15, -0.1) is 0 Å². The van der Waals surface area contributed by atoms with Crippen molar-refractivity contribution in [3.8, 4) is 5.75 Å². The molecule has 204 valence electrons. The summed E-state index contributed by atoms with van der Waals surface area (Å²) in [4.78, 5) is 32.3. The van der Waals surface area contributed by atoms with Gasteiger partial charge in [0.2, 0.25) is 0 Å². The van der Waals surface area contributed by atoms with E-state index in [0.717, 1.165) is 25.0 Å². The summed E-state index contributed by atoms with van der Waals surface area (Å²) < 4.78 is 45.0. The van der Waals surface area contributed by atoms with Gasteiger partial charge in [0.25, 0.3) is 5.91 Å². The molecule has 39 heavy (non-hydrogen) atoms. The molecule has 1 fully saturated rings. The SMILES string of the molecule is Cc1cc(NC(=O)c2ccc(F)c3c2OCC[C@@H]3NC(=O)OCc2cccc(N3CCOCC3)n2)ccc1F. The van der Waals surface area contributed by atoms with Crippen LogP contribution in [0.5, 0.6) is 5.75 Å². The number of alkyl carbamates (subject to hydrolysis) is 1. The van der Waals surface area contributed by atoms with Gasteiger partial charge in [-0.25, -0.2) is 18.6 Å². The van der Waals surface area contributed by atoms with Gasteiger partial charge in [-0.2, -0.15) is 0 Å². The molecular weight excluding hydrogens is 510 g/mol. The van der Waals surface area contributed by atoms with E-state index in [1.807, 2.05) is 12.1 Å². The number of rotatable bonds is 6. The number of carbonyl (C=O) groups excluding carboxylic acids is 2. The van der Waals surface area contributed by atoms with Crippen LogP contribution in [0.3, 0.4) is 0 Å². The van der Waals surface area contributed by atoms with Gasteiger partial charge in [-0.3, -0.25) is 4.79 Å². The maximum atomic E-state index is 14.9. The van der Waals surface area contributed by atoms with Crippen molar-refractivity contribution in [1.82, 2.24) is 10.3 Å². The fraction of sp³-hybridized carbons (Fsp3) is 0.321. The topological polar surface area (TPSA) is 102 Å². The Morgan fingerprint density at radius 2 is 1.87 bits per heavy atom. The number of fused-ring (bicyclic) bond motifs is 1. The van der Waals surface area contributed by atoms with Crippen LogP contribution >= 0.6 is 0 Å². The van der Waals surface area contributed by atoms with Gasteiger partial charge in [-0.05, 0) is 55.0 Å². The molecule has 9 nitrogen and oxygen atoms in total. The fourth-order valence-electron chi connectivity index (χ4n) is 4.56. The number of nitrogens with one attached hydrogen (secondary N) is 2. The van der Waals surface area contributed by atoms with Crippen LogP contribution in [0.1, 0.15) is 39.6 Å². The number of benzene rings is 2. The van der Waals surface area contributed by atoms with E-state index in [4.69, 9.17) is 14.2 Å². The molecule has 1 atom stereocenters. The van der Waals surface area contributed by atoms with Crippen molar-refractivity contribution in [1.29, 1.82) is 0 Å². The number of hydrogen-bond donors (Lipinski definition) is 2. The number of pyridine rings is 1. The lowest BCUT2D eigenvalue weighted by Crippen LogP contribution is -2.36. The third-order valence-corrected chi connectivity index (χ3v) is 6.58. The molecule has 3 aromatic rings. The van der Waals surface area contributed by atoms with Gasteiger partial charge < -0.3 is 29.7 Å². The molecule has 1 aromatic heterocycles. The summed E-state index contributed by atoms with van der Waals surface area (Å²) in [6.45, 7) is 4.39. The second kappa shape index (κ2) is 11.6. The predicted octanol–water partition coefficient (Wildman–Crippen LogP) is 4.51. The van der Waals surface area contributed by atoms with Crippen molar-refractivity contribution in [3.05, 3.63) is 82.5 Å². The first kappa shape index (κ1) is 26.4. The lowest BCUT2D eigenvalue weighted by molar-refractivity contribution is 0.102. The van der Waals surface area contributed by atoms with Gasteiger partial charge in [0.15, 0.2) is 0 Å². The number of nitrogens with zero attached hydrogens (tertiary/aromatic N) is 2. The number of anilines is 2. The van der Waals surface area contributed by atoms with Crippen LogP contribution in [0.2, 0.25) is 0 Å². The van der Waals surface area contributed by atoms with Crippen molar-refractivity contribution in [2.24, 2.45) is 0 Å². The van der Waals surface area contributed by atoms with Crippen molar-refractivity contribution < 1.29 is 32.6 Å². The minimum atomic E-state index is -0.769. The van der Waals surface area contributed by atoms with Crippen LogP contribution in [-0.4, -0.2) is 49.9 Å². The van der Waals surface area contributed by atoms with Gasteiger partial charge in [0.1, 0.15) is 29.8 Å². The largest absolute Gasteiger partial charge is 0.492 e. The summed E-state index contributed by atoms with van der Waals surface area (Å²) in [5, 5.41) is 5.37. The quantitative estimate of drug-likeness (QED) is 0.476. The average molecular weight is 539 g/mol. The molecular formula is C28H28F2N4O5. The maximum absolute atomic E-state index is 14.9. The number of carbonyl (C=O) groups is 2. The van der Waals surface area contributed by atoms with Crippen LogP contribution in [-0.2, 0) is 16.1 Å². The van der Waals surface area contributed by atoms with Crippen molar-refractivity contribution >= 4 is 23.5 Å². The van der Waals surface area contributed by atoms with Crippen molar-refractivity contribution in [2.45, 2.75) is 26.0 Å². The molecule has 5 rings (SSSR count). The number of hydrogen-bond acceptors (Lipinski definition) is 7. The Balaban J connectivity index is 1.26. The van der Waals surface area contributed by atoms with Crippen LogP contribution in [0, 0.1) is 18.6 Å². The molecule has 2 N–H and O–H groups in total. The summed E-state index contributed by atoms with van der Waals surface area (Å²) in [6, 6.07) is 11.4. The molecule has 2 aromatic carbocycles. The number of ether oxygens (including phenoxy) is 3. The molecule has 0 unspecified atom stereocenters. The molecule has 0 saturated carbocycles. The van der Waals surface area contributed by atoms with E-state index >= 15 is 0 Å². The Morgan fingerprint density at radius 1 is 1.08 bits per heavy atom. The zero-order chi connectivity index (χ0) is 27.4. The average Bonchev–Trinajstić information content (AvgIpc) is 2.95. The summed E-state index contributed by atoms with van der Waals surface area (Å²) in [5.41, 5.74) is 1.49. The predicted molar refractivity (Wildman–Crippen MR) is 139 cm³/mol. The molecule has 1 saturated heterocycles. The van der Waals surface area contributed by atoms with Gasteiger partial charge in [-0.1, -0.05) is 6.07 Å². The first-order valence-electron chi connectivity index (χ1n) is 12.6. The first-order valence-corrected chi connectivity index (χ1v) is 12.6. The smallest absolute Gasteiger partial charge is 0.408 e. The van der Waals surface area contributed by atoms with Gasteiger partial charge in [0.05, 0.1) is 42.7 Å². The Morgan fingerprint density at radius 3 is 2.67 bits per heavy atom. The standard InChI is InChI=1S/C28H28F2N4O5/c1-17-15-18(5-7-21(17)29)32-27(35)20-6-8-22(30)25-23(9-12-38-26(20)25)33-28(36)39-16-19-3-2-4-24(31-19)34-10-13-37-14-11-34/h2-8,15,23H,9-14,16H2,1H3,(H,32,35)(H,33,36)/t23-/m0/s1. The lowest BCUT2D eigenvalue weighted by atomic mass is 9.96. The molecule has 2 amide bonds. The minimum absolute atomic E-state index is 0.0442. The van der Waals surface area contributed by atoms with E-state index in [-0.39, 0.29) is 36.5 Å². The van der Waals surface area contributed by atoms with E-state index in [2.05, 4.69) is 20.5 Å². The Labute approximate surface area is 224 Å². The zero-order valence-electron chi connectivity index (χ0n) is 21.3. The number of amides is 2. The van der Waals surface area contributed by atoms with E-state index in [1.165, 1.54) is 24.3 Å². The highest BCUT2D eigenvalue weighted by molar-refractivity contribution is 6.06. The van der Waals surface area contributed by atoms with E-state index in [9.17, 15) is 18.4 Å². The molecule has 0 radical (unpaired) electrons. The van der Waals surface area contributed by atoms with Crippen LogP contribution in [0.15, 0.2) is 48.5 Å². The lowest BCUT2D eigenvalue weighted by Gasteiger charge is -2.28. The highest BCUT2D eigenvalue weighted by Crippen LogP contribution is 2.37. The first-order chi connectivity index (χ1) is 18.9. The van der Waals surface area contributed by atoms with Gasteiger partial charge in [0, 0.05) is 25.2 Å². The molecule has 3 heterocycles. The van der Waals surface area contributed by atoms with Crippen molar-refractivity contribution in [3.63, 3.8) is 0 Å². The summed E-state index contributed by atoms with van der Waals surface area (Å²) in [5.74, 6) is -0.739. The highest BCUT2D eigenvalue weighted by atomic mass is 19.1. The number of morpholine rings is 1. The van der Waals surface area contributed by atoms with Crippen LogP contribution in [0.4, 0.5) is 25.1 Å². The molecule has 0 aliphatic carbocycles. The molecule has 2 aliphatic heterocycles. The number of aromatic nitrogens is 1. The Bertz CT molecular complexity index is 1380. The molecule has 11 heteroatoms. The molecule has 2 aliphatic rings. The normalized spacial score (nSPS) is 16.6. The molecule has 0 spiro atoms. The molecule has 0 bridgehead atoms. The van der Waals surface area contributed by atoms with Gasteiger partial charge >= 0.3 is 6.09 Å². The fourth-order valence-corrected chi connectivity index (χ4v) is 4.56. The zero-order valence-corrected chi connectivity index (χ0v) is 21.3. The minimum Gasteiger partial charge on any atom is -0.492 e. The summed E-state index contributed by atoms with van der Waals surface area (Å²) in [7, 11) is 0. The van der Waals surface area contributed by atoms with E-state index in [1.54, 1.807) is 13.0 Å². The third kappa shape index (κ3) is 6.09. The van der Waals surface area contributed by atoms with E-state index < -0.39 is 29.7 Å². The van der Waals surface area contributed by atoms with Crippen LogP contribution in [0.25, 0.3) is 0 Å². The summed E-state index contributed by atoms with van der Waals surface area (Å²) in [6.07, 6.45) is -0.464. The highest BCUT2D eigenvalue weighted by Gasteiger charge is 2.31.